The van der Waals surface area contributed by atoms with Crippen molar-refractivity contribution in [2.45, 2.75) is 44.3 Å². The van der Waals surface area contributed by atoms with Crippen molar-refractivity contribution in [1.82, 2.24) is 0 Å². The van der Waals surface area contributed by atoms with Crippen LogP contribution in [0.25, 0.3) is 0 Å². The van der Waals surface area contributed by atoms with E-state index in [0.717, 1.165) is 25.7 Å². The molecule has 0 radical (unpaired) electrons. The standard InChI is InChI=1S/C15H20O3/c16-13(11-7-3-1-4-8-11)15(18)14(17)12-9-5-2-6-10-12/h1,3-4,7-8,12,14-15,17-18H,2,5-6,9-10H2/t14?,15-/m1/s1. The minimum Gasteiger partial charge on any atom is -0.390 e. The Morgan fingerprint density at radius 1 is 1.06 bits per heavy atom. The molecule has 1 aromatic carbocycles. The minimum atomic E-state index is -1.30. The summed E-state index contributed by atoms with van der Waals surface area (Å²) in [5.74, 6) is -0.324. The number of Topliss-reactive ketones (excluding diaryl/α,β-unsaturated/α-hetero) is 1. The maximum Gasteiger partial charge on any atom is 0.193 e. The van der Waals surface area contributed by atoms with E-state index in [0.29, 0.717) is 5.56 Å². The Morgan fingerprint density at radius 3 is 2.28 bits per heavy atom. The molecule has 1 aliphatic carbocycles. The maximum absolute atomic E-state index is 12.0. The second kappa shape index (κ2) is 6.12. The third-order valence-corrected chi connectivity index (χ3v) is 3.78. The molecule has 2 N–H and O–H groups in total. The topological polar surface area (TPSA) is 57.5 Å². The van der Waals surface area contributed by atoms with Crippen LogP contribution < -0.4 is 0 Å². The predicted molar refractivity (Wildman–Crippen MR) is 69.4 cm³/mol. The first-order valence-corrected chi connectivity index (χ1v) is 6.65. The second-order valence-corrected chi connectivity index (χ2v) is 5.06. The summed E-state index contributed by atoms with van der Waals surface area (Å²) < 4.78 is 0. The predicted octanol–water partition coefficient (Wildman–Crippen LogP) is 2.17. The van der Waals surface area contributed by atoms with Crippen LogP contribution in [0.5, 0.6) is 0 Å². The van der Waals surface area contributed by atoms with Crippen molar-refractivity contribution < 1.29 is 15.0 Å². The van der Waals surface area contributed by atoms with Gasteiger partial charge in [0.1, 0.15) is 6.10 Å². The Bertz CT molecular complexity index is 382. The van der Waals surface area contributed by atoms with Crippen molar-refractivity contribution in [1.29, 1.82) is 0 Å². The number of ketones is 1. The minimum absolute atomic E-state index is 0.0569. The summed E-state index contributed by atoms with van der Waals surface area (Å²) in [7, 11) is 0. The summed E-state index contributed by atoms with van der Waals surface area (Å²) in [5.41, 5.74) is 0.458. The van der Waals surface area contributed by atoms with Gasteiger partial charge in [-0.2, -0.15) is 0 Å². The van der Waals surface area contributed by atoms with Crippen LogP contribution in [-0.4, -0.2) is 28.2 Å². The molecule has 2 rings (SSSR count). The first-order chi connectivity index (χ1) is 8.70. The van der Waals surface area contributed by atoms with E-state index < -0.39 is 12.2 Å². The van der Waals surface area contributed by atoms with Crippen LogP contribution in [0.3, 0.4) is 0 Å². The van der Waals surface area contributed by atoms with Crippen molar-refractivity contribution in [3.05, 3.63) is 35.9 Å². The lowest BCUT2D eigenvalue weighted by Crippen LogP contribution is -2.40. The average molecular weight is 248 g/mol. The molecule has 0 spiro atoms. The quantitative estimate of drug-likeness (QED) is 0.803. The summed E-state index contributed by atoms with van der Waals surface area (Å²) >= 11 is 0. The highest BCUT2D eigenvalue weighted by Gasteiger charge is 2.32. The molecule has 1 unspecified atom stereocenters. The van der Waals surface area contributed by atoms with E-state index >= 15 is 0 Å². The van der Waals surface area contributed by atoms with Crippen LogP contribution in [0.1, 0.15) is 42.5 Å². The fourth-order valence-electron chi connectivity index (χ4n) is 2.66. The van der Waals surface area contributed by atoms with Crippen LogP contribution >= 0.6 is 0 Å². The fraction of sp³-hybridized carbons (Fsp3) is 0.533. The van der Waals surface area contributed by atoms with Gasteiger partial charge in [-0.3, -0.25) is 4.79 Å². The molecule has 3 heteroatoms. The van der Waals surface area contributed by atoms with E-state index in [9.17, 15) is 15.0 Å². The summed E-state index contributed by atoms with van der Waals surface area (Å²) in [6.07, 6.45) is 2.92. The van der Waals surface area contributed by atoms with Crippen LogP contribution in [0.2, 0.25) is 0 Å². The van der Waals surface area contributed by atoms with E-state index in [2.05, 4.69) is 0 Å². The molecule has 0 bridgehead atoms. The van der Waals surface area contributed by atoms with E-state index in [-0.39, 0.29) is 11.7 Å². The highest BCUT2D eigenvalue weighted by molar-refractivity contribution is 5.99. The number of benzene rings is 1. The summed E-state index contributed by atoms with van der Waals surface area (Å²) in [4.78, 5) is 12.0. The molecule has 1 fully saturated rings. The molecule has 98 valence electrons. The number of carbonyl (C=O) groups excluding carboxylic acids is 1. The molecule has 1 aliphatic rings. The van der Waals surface area contributed by atoms with E-state index in [1.165, 1.54) is 6.42 Å². The van der Waals surface area contributed by atoms with Crippen molar-refractivity contribution >= 4 is 5.78 Å². The Morgan fingerprint density at radius 2 is 1.67 bits per heavy atom. The largest absolute Gasteiger partial charge is 0.390 e. The van der Waals surface area contributed by atoms with Gasteiger partial charge in [0.25, 0.3) is 0 Å². The maximum atomic E-state index is 12.0. The third kappa shape index (κ3) is 2.98. The second-order valence-electron chi connectivity index (χ2n) is 5.06. The lowest BCUT2D eigenvalue weighted by Gasteiger charge is -2.29. The zero-order valence-electron chi connectivity index (χ0n) is 10.5. The number of aliphatic hydroxyl groups excluding tert-OH is 2. The molecule has 2 atom stereocenters. The number of aliphatic hydroxyl groups is 2. The molecular weight excluding hydrogens is 228 g/mol. The Labute approximate surface area is 107 Å². The van der Waals surface area contributed by atoms with Gasteiger partial charge in [-0.05, 0) is 18.8 Å². The van der Waals surface area contributed by atoms with Gasteiger partial charge in [0, 0.05) is 5.56 Å². The third-order valence-electron chi connectivity index (χ3n) is 3.78. The van der Waals surface area contributed by atoms with Gasteiger partial charge in [-0.1, -0.05) is 49.6 Å². The average Bonchev–Trinajstić information content (AvgIpc) is 2.47. The van der Waals surface area contributed by atoms with Crippen LogP contribution in [0.4, 0.5) is 0 Å². The van der Waals surface area contributed by atoms with Crippen molar-refractivity contribution in [3.63, 3.8) is 0 Å². The highest BCUT2D eigenvalue weighted by Crippen LogP contribution is 2.28. The summed E-state index contributed by atoms with van der Waals surface area (Å²) in [5, 5.41) is 20.1. The van der Waals surface area contributed by atoms with Gasteiger partial charge >= 0.3 is 0 Å². The van der Waals surface area contributed by atoms with Crippen LogP contribution in [0, 0.1) is 5.92 Å². The number of hydrogen-bond donors (Lipinski definition) is 2. The Hall–Kier alpha value is -1.19. The first-order valence-electron chi connectivity index (χ1n) is 6.65. The number of rotatable bonds is 4. The van der Waals surface area contributed by atoms with Crippen molar-refractivity contribution in [3.8, 4) is 0 Å². The molecule has 3 nitrogen and oxygen atoms in total. The fourth-order valence-corrected chi connectivity index (χ4v) is 2.66. The Kier molecular flexibility index (Phi) is 4.50. The zero-order chi connectivity index (χ0) is 13.0. The molecule has 0 aliphatic heterocycles. The molecular formula is C15H20O3. The normalized spacial score (nSPS) is 20.3. The van der Waals surface area contributed by atoms with Gasteiger partial charge in [0.15, 0.2) is 5.78 Å². The summed E-state index contributed by atoms with van der Waals surface area (Å²) in [6.45, 7) is 0. The van der Waals surface area contributed by atoms with Crippen LogP contribution in [-0.2, 0) is 0 Å². The van der Waals surface area contributed by atoms with E-state index in [4.69, 9.17) is 0 Å². The smallest absolute Gasteiger partial charge is 0.193 e. The molecule has 0 saturated heterocycles. The summed E-state index contributed by atoms with van der Waals surface area (Å²) in [6, 6.07) is 8.67. The molecule has 1 aromatic rings. The number of hydrogen-bond acceptors (Lipinski definition) is 3. The van der Waals surface area contributed by atoms with Gasteiger partial charge in [-0.25, -0.2) is 0 Å². The lowest BCUT2D eigenvalue weighted by molar-refractivity contribution is -0.0157. The van der Waals surface area contributed by atoms with Gasteiger partial charge < -0.3 is 10.2 Å². The van der Waals surface area contributed by atoms with Crippen molar-refractivity contribution in [2.24, 2.45) is 5.92 Å². The lowest BCUT2D eigenvalue weighted by atomic mass is 9.82. The van der Waals surface area contributed by atoms with Gasteiger partial charge in [0.05, 0.1) is 6.10 Å². The first kappa shape index (κ1) is 13.2. The molecule has 18 heavy (non-hydrogen) atoms. The van der Waals surface area contributed by atoms with E-state index in [1.54, 1.807) is 24.3 Å². The number of carbonyl (C=O) groups is 1. The van der Waals surface area contributed by atoms with Gasteiger partial charge in [0.2, 0.25) is 0 Å². The molecule has 0 aromatic heterocycles. The molecule has 0 amide bonds. The van der Waals surface area contributed by atoms with Crippen LogP contribution in [0.15, 0.2) is 30.3 Å². The van der Waals surface area contributed by atoms with E-state index in [1.807, 2.05) is 6.07 Å². The SMILES string of the molecule is O=C(c1ccccc1)[C@@H](O)C(O)C1CCCCC1. The molecule has 0 heterocycles. The monoisotopic (exact) mass is 248 g/mol. The van der Waals surface area contributed by atoms with Gasteiger partial charge in [-0.15, -0.1) is 0 Å². The highest BCUT2D eigenvalue weighted by atomic mass is 16.3. The molecule has 1 saturated carbocycles. The van der Waals surface area contributed by atoms with Crippen molar-refractivity contribution in [2.75, 3.05) is 0 Å². The zero-order valence-corrected chi connectivity index (χ0v) is 10.5. The Balaban J connectivity index is 2.01.